The Kier molecular flexibility index (Phi) is 2.49. The summed E-state index contributed by atoms with van der Waals surface area (Å²) >= 11 is 0. The Morgan fingerprint density at radius 2 is 2.20 bits per heavy atom. The fourth-order valence-electron chi connectivity index (χ4n) is 2.00. The third-order valence-corrected chi connectivity index (χ3v) is 2.86. The Labute approximate surface area is 87.1 Å². The SMILES string of the molecule is O=C[C@@H]1CCc2ccc([N+](=O)[O-])cc2C1. The molecule has 0 bridgehead atoms. The van der Waals surface area contributed by atoms with E-state index >= 15 is 0 Å². The highest BCUT2D eigenvalue weighted by Gasteiger charge is 2.20. The first-order chi connectivity index (χ1) is 7.20. The van der Waals surface area contributed by atoms with Crippen LogP contribution in [0.2, 0.25) is 0 Å². The first kappa shape index (κ1) is 9.83. The van der Waals surface area contributed by atoms with E-state index in [1.807, 2.05) is 0 Å². The summed E-state index contributed by atoms with van der Waals surface area (Å²) in [5, 5.41) is 10.6. The molecular formula is C11H11NO3. The molecule has 0 radical (unpaired) electrons. The van der Waals surface area contributed by atoms with E-state index in [2.05, 4.69) is 0 Å². The van der Waals surface area contributed by atoms with Gasteiger partial charge in [0.2, 0.25) is 0 Å². The van der Waals surface area contributed by atoms with Gasteiger partial charge in [-0.3, -0.25) is 10.1 Å². The minimum absolute atomic E-state index is 0.0273. The number of rotatable bonds is 2. The number of hydrogen-bond donors (Lipinski definition) is 0. The number of nitro groups is 1. The van der Waals surface area contributed by atoms with Crippen molar-refractivity contribution >= 4 is 12.0 Å². The lowest BCUT2D eigenvalue weighted by Crippen LogP contribution is -2.15. The molecule has 4 heteroatoms. The number of non-ortho nitro benzene ring substituents is 1. The Balaban J connectivity index is 2.34. The standard InChI is InChI=1S/C11H11NO3/c13-7-8-1-2-9-3-4-11(12(14)15)6-10(9)5-8/h3-4,6-8H,1-2,5H2/t8-/m1/s1. The van der Waals surface area contributed by atoms with Crippen LogP contribution in [0.25, 0.3) is 0 Å². The van der Waals surface area contributed by atoms with Crippen molar-refractivity contribution in [3.8, 4) is 0 Å². The number of hydrogen-bond acceptors (Lipinski definition) is 3. The molecule has 0 unspecified atom stereocenters. The van der Waals surface area contributed by atoms with Gasteiger partial charge < -0.3 is 4.79 Å². The minimum atomic E-state index is -0.398. The van der Waals surface area contributed by atoms with Crippen molar-refractivity contribution in [3.63, 3.8) is 0 Å². The molecule has 1 aliphatic rings. The lowest BCUT2D eigenvalue weighted by molar-refractivity contribution is -0.384. The van der Waals surface area contributed by atoms with Gasteiger partial charge in [0.25, 0.3) is 5.69 Å². The summed E-state index contributed by atoms with van der Waals surface area (Å²) in [5.74, 6) is 0.0273. The summed E-state index contributed by atoms with van der Waals surface area (Å²) in [6.07, 6.45) is 3.29. The van der Waals surface area contributed by atoms with Crippen molar-refractivity contribution in [1.82, 2.24) is 0 Å². The van der Waals surface area contributed by atoms with Crippen LogP contribution in [0.4, 0.5) is 5.69 Å². The van der Waals surface area contributed by atoms with Crippen molar-refractivity contribution in [2.45, 2.75) is 19.3 Å². The van der Waals surface area contributed by atoms with Gasteiger partial charge in [-0.1, -0.05) is 6.07 Å². The van der Waals surface area contributed by atoms with Crippen molar-refractivity contribution in [2.24, 2.45) is 5.92 Å². The predicted molar refractivity (Wildman–Crippen MR) is 54.7 cm³/mol. The van der Waals surface area contributed by atoms with E-state index in [4.69, 9.17) is 0 Å². The first-order valence-electron chi connectivity index (χ1n) is 4.92. The Bertz CT molecular complexity index is 414. The Hall–Kier alpha value is -1.71. The lowest BCUT2D eigenvalue weighted by atomic mass is 9.84. The zero-order valence-electron chi connectivity index (χ0n) is 8.18. The summed E-state index contributed by atoms with van der Waals surface area (Å²) in [6, 6.07) is 4.92. The largest absolute Gasteiger partial charge is 0.303 e. The molecule has 78 valence electrons. The van der Waals surface area contributed by atoms with Gasteiger partial charge in [-0.25, -0.2) is 0 Å². The normalized spacial score (nSPS) is 19.3. The maximum absolute atomic E-state index is 10.7. The molecule has 0 aromatic heterocycles. The first-order valence-corrected chi connectivity index (χ1v) is 4.92. The number of aldehydes is 1. The number of fused-ring (bicyclic) bond motifs is 1. The summed E-state index contributed by atoms with van der Waals surface area (Å²) in [4.78, 5) is 20.8. The molecule has 0 saturated heterocycles. The molecule has 1 atom stereocenters. The van der Waals surface area contributed by atoms with E-state index in [9.17, 15) is 14.9 Å². The third-order valence-electron chi connectivity index (χ3n) is 2.86. The molecule has 1 aromatic carbocycles. The number of aryl methyl sites for hydroxylation is 1. The van der Waals surface area contributed by atoms with E-state index in [-0.39, 0.29) is 11.6 Å². The van der Waals surface area contributed by atoms with E-state index in [1.165, 1.54) is 6.07 Å². The van der Waals surface area contributed by atoms with Crippen molar-refractivity contribution in [2.75, 3.05) is 0 Å². The van der Waals surface area contributed by atoms with Crippen LogP contribution in [0, 0.1) is 16.0 Å². The van der Waals surface area contributed by atoms with Crippen LogP contribution in [-0.2, 0) is 17.6 Å². The Morgan fingerprint density at radius 3 is 2.87 bits per heavy atom. The zero-order valence-corrected chi connectivity index (χ0v) is 8.18. The molecule has 1 aliphatic carbocycles. The fourth-order valence-corrected chi connectivity index (χ4v) is 2.00. The molecule has 0 heterocycles. The molecule has 15 heavy (non-hydrogen) atoms. The monoisotopic (exact) mass is 205 g/mol. The van der Waals surface area contributed by atoms with Crippen molar-refractivity contribution < 1.29 is 9.72 Å². The number of nitrogens with zero attached hydrogens (tertiary/aromatic N) is 1. The minimum Gasteiger partial charge on any atom is -0.303 e. The highest BCUT2D eigenvalue weighted by molar-refractivity contribution is 5.56. The van der Waals surface area contributed by atoms with Crippen molar-refractivity contribution in [3.05, 3.63) is 39.4 Å². The number of nitro benzene ring substituents is 1. The zero-order chi connectivity index (χ0) is 10.8. The van der Waals surface area contributed by atoms with Gasteiger partial charge in [0.05, 0.1) is 4.92 Å². The maximum atomic E-state index is 10.7. The third kappa shape index (κ3) is 1.88. The average molecular weight is 205 g/mol. The molecule has 2 rings (SSSR count). The lowest BCUT2D eigenvalue weighted by Gasteiger charge is -2.19. The molecule has 0 N–H and O–H groups in total. The van der Waals surface area contributed by atoms with Crippen LogP contribution >= 0.6 is 0 Å². The van der Waals surface area contributed by atoms with Gasteiger partial charge >= 0.3 is 0 Å². The quantitative estimate of drug-likeness (QED) is 0.421. The van der Waals surface area contributed by atoms with Crippen LogP contribution < -0.4 is 0 Å². The molecule has 1 aromatic rings. The predicted octanol–water partition coefficient (Wildman–Crippen LogP) is 1.90. The van der Waals surface area contributed by atoms with E-state index in [0.29, 0.717) is 6.42 Å². The van der Waals surface area contributed by atoms with Crippen LogP contribution in [0.15, 0.2) is 18.2 Å². The van der Waals surface area contributed by atoms with Crippen LogP contribution in [-0.4, -0.2) is 11.2 Å². The van der Waals surface area contributed by atoms with E-state index in [0.717, 1.165) is 30.3 Å². The molecule has 0 saturated carbocycles. The van der Waals surface area contributed by atoms with Gasteiger partial charge in [0.1, 0.15) is 6.29 Å². The highest BCUT2D eigenvalue weighted by atomic mass is 16.6. The number of benzene rings is 1. The van der Waals surface area contributed by atoms with Gasteiger partial charge in [0.15, 0.2) is 0 Å². The van der Waals surface area contributed by atoms with Crippen LogP contribution in [0.5, 0.6) is 0 Å². The van der Waals surface area contributed by atoms with E-state index < -0.39 is 4.92 Å². The molecular weight excluding hydrogens is 194 g/mol. The van der Waals surface area contributed by atoms with Crippen LogP contribution in [0.1, 0.15) is 17.5 Å². The Morgan fingerprint density at radius 1 is 1.40 bits per heavy atom. The number of carbonyl (C=O) groups excluding carboxylic acids is 1. The molecule has 4 nitrogen and oxygen atoms in total. The van der Waals surface area contributed by atoms with Crippen LogP contribution in [0.3, 0.4) is 0 Å². The fraction of sp³-hybridized carbons (Fsp3) is 0.364. The molecule has 0 spiro atoms. The molecule has 0 fully saturated rings. The summed E-state index contributed by atoms with van der Waals surface area (Å²) < 4.78 is 0. The second kappa shape index (κ2) is 3.81. The highest BCUT2D eigenvalue weighted by Crippen LogP contribution is 2.27. The summed E-state index contributed by atoms with van der Waals surface area (Å²) in [7, 11) is 0. The summed E-state index contributed by atoms with van der Waals surface area (Å²) in [6.45, 7) is 0. The topological polar surface area (TPSA) is 60.2 Å². The van der Waals surface area contributed by atoms with Gasteiger partial charge in [0, 0.05) is 18.1 Å². The second-order valence-electron chi connectivity index (χ2n) is 3.85. The molecule has 0 amide bonds. The van der Waals surface area contributed by atoms with Gasteiger partial charge in [-0.15, -0.1) is 0 Å². The smallest absolute Gasteiger partial charge is 0.269 e. The van der Waals surface area contributed by atoms with Crippen molar-refractivity contribution in [1.29, 1.82) is 0 Å². The van der Waals surface area contributed by atoms with E-state index in [1.54, 1.807) is 12.1 Å². The maximum Gasteiger partial charge on any atom is 0.269 e. The number of carbonyl (C=O) groups is 1. The summed E-state index contributed by atoms with van der Waals surface area (Å²) in [5.41, 5.74) is 2.20. The molecule has 0 aliphatic heterocycles. The van der Waals surface area contributed by atoms with Gasteiger partial charge in [-0.2, -0.15) is 0 Å². The average Bonchev–Trinajstić information content (AvgIpc) is 2.27. The van der Waals surface area contributed by atoms with Gasteiger partial charge in [-0.05, 0) is 30.4 Å². The second-order valence-corrected chi connectivity index (χ2v) is 3.85.